The Labute approximate surface area is 156 Å². The number of esters is 1. The minimum atomic E-state index is -0.464. The quantitative estimate of drug-likeness (QED) is 0.652. The summed E-state index contributed by atoms with van der Waals surface area (Å²) < 4.78 is 10.8. The first-order valence-corrected chi connectivity index (χ1v) is 8.66. The first-order chi connectivity index (χ1) is 13.0. The summed E-state index contributed by atoms with van der Waals surface area (Å²) in [6.07, 6.45) is 0. The molecule has 0 atom stereocenters. The average molecular weight is 367 g/mol. The van der Waals surface area contributed by atoms with Crippen molar-refractivity contribution in [2.24, 2.45) is 0 Å². The number of fused-ring (bicyclic) bond motifs is 1. The topological polar surface area (TPSA) is 93.5 Å². The summed E-state index contributed by atoms with van der Waals surface area (Å²) in [4.78, 5) is 28.0. The second kappa shape index (κ2) is 8.35. The Morgan fingerprint density at radius 1 is 1.11 bits per heavy atom. The van der Waals surface area contributed by atoms with Crippen molar-refractivity contribution in [3.63, 3.8) is 0 Å². The van der Waals surface area contributed by atoms with Crippen LogP contribution in [-0.2, 0) is 17.9 Å². The van der Waals surface area contributed by atoms with E-state index in [0.29, 0.717) is 23.6 Å². The zero-order chi connectivity index (χ0) is 19.2. The van der Waals surface area contributed by atoms with E-state index >= 15 is 0 Å². The van der Waals surface area contributed by atoms with Crippen molar-refractivity contribution in [3.05, 3.63) is 65.5 Å². The van der Waals surface area contributed by atoms with E-state index in [9.17, 15) is 9.59 Å². The highest BCUT2D eigenvalue weighted by Gasteiger charge is 2.11. The number of hydrogen-bond donors (Lipinski definition) is 2. The molecule has 0 aliphatic heterocycles. The molecule has 3 aromatic rings. The molecule has 2 amide bonds. The van der Waals surface area contributed by atoms with Crippen molar-refractivity contribution in [2.45, 2.75) is 33.0 Å². The molecule has 2 N–H and O–H groups in total. The summed E-state index contributed by atoms with van der Waals surface area (Å²) >= 11 is 0. The first-order valence-electron chi connectivity index (χ1n) is 8.66. The summed E-state index contributed by atoms with van der Waals surface area (Å²) in [5, 5.41) is 5.50. The number of hydrogen-bond acceptors (Lipinski definition) is 5. The highest BCUT2D eigenvalue weighted by atomic mass is 16.5. The minimum Gasteiger partial charge on any atom is -0.452 e. The molecule has 7 nitrogen and oxygen atoms in total. The molecule has 2 aromatic carbocycles. The smallest absolute Gasteiger partial charge is 0.338 e. The number of urea groups is 1. The maximum absolute atomic E-state index is 12.2. The Morgan fingerprint density at radius 3 is 2.56 bits per heavy atom. The van der Waals surface area contributed by atoms with Gasteiger partial charge in [-0.25, -0.2) is 14.6 Å². The highest BCUT2D eigenvalue weighted by molar-refractivity contribution is 5.89. The molecule has 140 valence electrons. The van der Waals surface area contributed by atoms with E-state index in [1.165, 1.54) is 0 Å². The number of carbonyl (C=O) groups is 2. The van der Waals surface area contributed by atoms with Crippen molar-refractivity contribution < 1.29 is 18.7 Å². The largest absolute Gasteiger partial charge is 0.452 e. The van der Waals surface area contributed by atoms with Gasteiger partial charge in [-0.15, -0.1) is 0 Å². The normalized spacial score (nSPS) is 10.8. The van der Waals surface area contributed by atoms with Crippen LogP contribution >= 0.6 is 0 Å². The van der Waals surface area contributed by atoms with E-state index in [0.717, 1.165) is 11.1 Å². The van der Waals surface area contributed by atoms with Crippen LogP contribution < -0.4 is 10.6 Å². The van der Waals surface area contributed by atoms with Crippen molar-refractivity contribution in [1.29, 1.82) is 0 Å². The molecule has 0 aliphatic carbocycles. The maximum atomic E-state index is 12.2. The van der Waals surface area contributed by atoms with E-state index in [1.54, 1.807) is 24.3 Å². The number of benzene rings is 2. The van der Waals surface area contributed by atoms with Crippen LogP contribution in [-0.4, -0.2) is 23.0 Å². The van der Waals surface area contributed by atoms with Crippen LogP contribution in [0.5, 0.6) is 0 Å². The third-order valence-corrected chi connectivity index (χ3v) is 3.73. The number of nitrogens with one attached hydrogen (secondary N) is 2. The van der Waals surface area contributed by atoms with Crippen LogP contribution in [0, 0.1) is 0 Å². The fourth-order valence-corrected chi connectivity index (χ4v) is 2.45. The van der Waals surface area contributed by atoms with Crippen LogP contribution in [0.25, 0.3) is 11.1 Å². The van der Waals surface area contributed by atoms with Gasteiger partial charge < -0.3 is 19.8 Å². The molecule has 3 rings (SSSR count). The lowest BCUT2D eigenvalue weighted by Gasteiger charge is -2.10. The Kier molecular flexibility index (Phi) is 5.71. The molecule has 0 unspecified atom stereocenters. The van der Waals surface area contributed by atoms with Gasteiger partial charge in [0.25, 0.3) is 0 Å². The predicted octanol–water partition coefficient (Wildman–Crippen LogP) is 3.39. The molecule has 1 heterocycles. The molecule has 0 fully saturated rings. The number of para-hydroxylation sites is 2. The van der Waals surface area contributed by atoms with Crippen molar-refractivity contribution in [2.75, 3.05) is 0 Å². The monoisotopic (exact) mass is 367 g/mol. The molecule has 0 aliphatic rings. The van der Waals surface area contributed by atoms with Crippen LogP contribution in [0.4, 0.5) is 4.79 Å². The van der Waals surface area contributed by atoms with Crippen molar-refractivity contribution in [3.8, 4) is 0 Å². The molecule has 0 bridgehead atoms. The molecule has 0 saturated heterocycles. The fourth-order valence-electron chi connectivity index (χ4n) is 2.45. The lowest BCUT2D eigenvalue weighted by atomic mass is 10.1. The molecule has 7 heteroatoms. The lowest BCUT2D eigenvalue weighted by molar-refractivity contribution is 0.0440. The third-order valence-electron chi connectivity index (χ3n) is 3.73. The van der Waals surface area contributed by atoms with Gasteiger partial charge >= 0.3 is 12.0 Å². The molecule has 0 saturated carbocycles. The van der Waals surface area contributed by atoms with Gasteiger partial charge in [-0.05, 0) is 43.7 Å². The fraction of sp³-hybridized carbons (Fsp3) is 0.250. The lowest BCUT2D eigenvalue weighted by Crippen LogP contribution is -2.39. The third kappa shape index (κ3) is 5.07. The Balaban J connectivity index is 1.52. The highest BCUT2D eigenvalue weighted by Crippen LogP contribution is 2.16. The zero-order valence-corrected chi connectivity index (χ0v) is 15.2. The average Bonchev–Trinajstić information content (AvgIpc) is 3.07. The zero-order valence-electron chi connectivity index (χ0n) is 15.2. The molecule has 0 radical (unpaired) electrons. The molecular formula is C20H21N3O4. The number of ether oxygens (including phenoxy) is 1. The number of aromatic nitrogens is 1. The van der Waals surface area contributed by atoms with E-state index in [2.05, 4.69) is 15.6 Å². The van der Waals surface area contributed by atoms with Gasteiger partial charge in [0.05, 0.1) is 5.56 Å². The van der Waals surface area contributed by atoms with Crippen molar-refractivity contribution in [1.82, 2.24) is 15.6 Å². The van der Waals surface area contributed by atoms with Gasteiger partial charge in [0.15, 0.2) is 12.2 Å². The van der Waals surface area contributed by atoms with Gasteiger partial charge in [-0.2, -0.15) is 0 Å². The second-order valence-electron chi connectivity index (χ2n) is 6.33. The standard InChI is InChI=1S/C20H21N3O4/c1-13(2)22-20(25)21-11-14-7-9-15(10-8-14)19(24)26-12-18-23-16-5-3-4-6-17(16)27-18/h3-10,13H,11-12H2,1-2H3,(H2,21,22,25). The van der Waals surface area contributed by atoms with Gasteiger partial charge in [0.2, 0.25) is 5.89 Å². The Bertz CT molecular complexity index is 899. The number of nitrogens with zero attached hydrogens (tertiary/aromatic N) is 1. The summed E-state index contributed by atoms with van der Waals surface area (Å²) in [6, 6.07) is 14.1. The number of amides is 2. The van der Waals surface area contributed by atoms with Crippen LogP contribution in [0.2, 0.25) is 0 Å². The Hall–Kier alpha value is -3.35. The van der Waals surface area contributed by atoms with E-state index < -0.39 is 5.97 Å². The van der Waals surface area contributed by atoms with Gasteiger partial charge in [0, 0.05) is 12.6 Å². The molecule has 0 spiro atoms. The molecular weight excluding hydrogens is 346 g/mol. The summed E-state index contributed by atoms with van der Waals surface area (Å²) in [5.41, 5.74) is 2.68. The summed E-state index contributed by atoms with van der Waals surface area (Å²) in [7, 11) is 0. The minimum absolute atomic E-state index is 0.0355. The second-order valence-corrected chi connectivity index (χ2v) is 6.33. The van der Waals surface area contributed by atoms with E-state index in [1.807, 2.05) is 38.1 Å². The number of rotatable bonds is 6. The summed E-state index contributed by atoms with van der Waals surface area (Å²) in [6.45, 7) is 4.12. The SMILES string of the molecule is CC(C)NC(=O)NCc1ccc(C(=O)OCc2nc3ccccc3o2)cc1. The number of carbonyl (C=O) groups excluding carboxylic acids is 2. The van der Waals surface area contributed by atoms with Gasteiger partial charge in [0.1, 0.15) is 5.52 Å². The predicted molar refractivity (Wildman–Crippen MR) is 100 cm³/mol. The van der Waals surface area contributed by atoms with Gasteiger partial charge in [-0.1, -0.05) is 24.3 Å². The van der Waals surface area contributed by atoms with Crippen LogP contribution in [0.3, 0.4) is 0 Å². The molecule has 27 heavy (non-hydrogen) atoms. The van der Waals surface area contributed by atoms with Gasteiger partial charge in [-0.3, -0.25) is 0 Å². The summed E-state index contributed by atoms with van der Waals surface area (Å²) in [5.74, 6) is -0.115. The van der Waals surface area contributed by atoms with Crippen LogP contribution in [0.15, 0.2) is 52.9 Å². The number of oxazole rings is 1. The van der Waals surface area contributed by atoms with Crippen LogP contribution in [0.1, 0.15) is 35.7 Å². The maximum Gasteiger partial charge on any atom is 0.338 e. The molecule has 1 aromatic heterocycles. The van der Waals surface area contributed by atoms with Crippen molar-refractivity contribution >= 4 is 23.1 Å². The Morgan fingerprint density at radius 2 is 1.85 bits per heavy atom. The first kappa shape index (κ1) is 18.4. The van der Waals surface area contributed by atoms with E-state index in [-0.39, 0.29) is 18.7 Å². The van der Waals surface area contributed by atoms with E-state index in [4.69, 9.17) is 9.15 Å².